The van der Waals surface area contributed by atoms with Gasteiger partial charge in [0.05, 0.1) is 5.69 Å². The SMILES string of the molecule is CN(C)CC1(c2cccc(C3CC3NC=O)c2)NN(c2ncn[nH]2)c2ccccc21. The molecule has 1 aliphatic carbocycles. The maximum Gasteiger partial charge on any atom is 0.240 e. The number of carbonyl (C=O) groups excluding carboxylic acids is 1. The van der Waals surface area contributed by atoms with E-state index in [0.29, 0.717) is 11.9 Å². The van der Waals surface area contributed by atoms with Crippen LogP contribution in [-0.4, -0.2) is 53.2 Å². The smallest absolute Gasteiger partial charge is 0.240 e. The zero-order chi connectivity index (χ0) is 20.7. The summed E-state index contributed by atoms with van der Waals surface area (Å²) in [5, 5.41) is 11.9. The predicted octanol–water partition coefficient (Wildman–Crippen LogP) is 1.87. The summed E-state index contributed by atoms with van der Waals surface area (Å²) in [4.78, 5) is 17.4. The van der Waals surface area contributed by atoms with Crippen molar-refractivity contribution in [2.24, 2.45) is 0 Å². The molecule has 3 unspecified atom stereocenters. The third-order valence-corrected chi connectivity index (χ3v) is 5.96. The Morgan fingerprint density at radius 2 is 2.13 bits per heavy atom. The fourth-order valence-electron chi connectivity index (χ4n) is 4.59. The first-order valence-corrected chi connectivity index (χ1v) is 10.1. The van der Waals surface area contributed by atoms with E-state index in [2.05, 4.69) is 87.4 Å². The van der Waals surface area contributed by atoms with E-state index in [1.165, 1.54) is 23.0 Å². The standard InChI is InChI=1S/C22H25N7O/c1-28(2)12-22(16-7-5-6-15(10-16)17-11-19(17)24-14-30)18-8-3-4-9-20(18)29(27-22)21-23-13-25-26-21/h3-10,13-14,17,19,27H,11-12H2,1-2H3,(H,24,30)(H,23,25,26). The normalized spacial score (nSPS) is 24.7. The van der Waals surface area contributed by atoms with Gasteiger partial charge in [-0.1, -0.05) is 42.5 Å². The number of nitrogens with zero attached hydrogens (tertiary/aromatic N) is 4. The number of carbonyl (C=O) groups is 1. The van der Waals surface area contributed by atoms with Gasteiger partial charge < -0.3 is 10.2 Å². The molecule has 8 nitrogen and oxygen atoms in total. The van der Waals surface area contributed by atoms with Gasteiger partial charge in [-0.15, -0.1) is 0 Å². The average Bonchev–Trinajstić information content (AvgIpc) is 3.17. The number of aromatic amines is 1. The third kappa shape index (κ3) is 3.05. The number of benzene rings is 2. The molecule has 154 valence electrons. The van der Waals surface area contributed by atoms with Gasteiger partial charge in [0.25, 0.3) is 0 Å². The van der Waals surface area contributed by atoms with Crippen molar-refractivity contribution in [3.63, 3.8) is 0 Å². The average molecular weight is 403 g/mol. The lowest BCUT2D eigenvalue weighted by atomic mass is 9.82. The van der Waals surface area contributed by atoms with Gasteiger partial charge in [-0.25, -0.2) is 15.5 Å². The summed E-state index contributed by atoms with van der Waals surface area (Å²) < 4.78 is 0. The molecule has 1 aliphatic heterocycles. The van der Waals surface area contributed by atoms with Gasteiger partial charge in [-0.3, -0.25) is 4.79 Å². The number of aromatic nitrogens is 3. The van der Waals surface area contributed by atoms with E-state index < -0.39 is 5.54 Å². The number of para-hydroxylation sites is 1. The number of fused-ring (bicyclic) bond motifs is 1. The number of hydrogen-bond acceptors (Lipinski definition) is 6. The highest BCUT2D eigenvalue weighted by Crippen LogP contribution is 2.46. The minimum Gasteiger partial charge on any atom is -0.355 e. The van der Waals surface area contributed by atoms with E-state index in [1.807, 2.05) is 11.1 Å². The Bertz CT molecular complexity index is 1050. The number of hydrogen-bond donors (Lipinski definition) is 3. The molecule has 2 heterocycles. The van der Waals surface area contributed by atoms with Gasteiger partial charge in [0.2, 0.25) is 12.4 Å². The van der Waals surface area contributed by atoms with Crippen molar-refractivity contribution >= 4 is 18.0 Å². The molecule has 2 aliphatic rings. The molecule has 1 aromatic heterocycles. The second kappa shape index (κ2) is 7.23. The summed E-state index contributed by atoms with van der Waals surface area (Å²) in [5.41, 5.74) is 7.94. The van der Waals surface area contributed by atoms with Gasteiger partial charge in [0.15, 0.2) is 0 Å². The predicted molar refractivity (Wildman–Crippen MR) is 114 cm³/mol. The van der Waals surface area contributed by atoms with Crippen LogP contribution in [0, 0.1) is 0 Å². The second-order valence-corrected chi connectivity index (χ2v) is 8.28. The molecule has 1 fully saturated rings. The van der Waals surface area contributed by atoms with Crippen LogP contribution in [0.25, 0.3) is 0 Å². The highest BCUT2D eigenvalue weighted by Gasteiger charge is 2.46. The van der Waals surface area contributed by atoms with Crippen LogP contribution < -0.4 is 15.8 Å². The first-order chi connectivity index (χ1) is 14.6. The molecule has 3 N–H and O–H groups in total. The molecule has 1 saturated carbocycles. The Labute approximate surface area is 175 Å². The lowest BCUT2D eigenvalue weighted by Gasteiger charge is -2.35. The number of hydrazine groups is 1. The van der Waals surface area contributed by atoms with Crippen LogP contribution in [0.2, 0.25) is 0 Å². The van der Waals surface area contributed by atoms with Crippen molar-refractivity contribution in [1.29, 1.82) is 0 Å². The van der Waals surface area contributed by atoms with E-state index in [-0.39, 0.29) is 6.04 Å². The summed E-state index contributed by atoms with van der Waals surface area (Å²) in [6.07, 6.45) is 3.29. The highest BCUT2D eigenvalue weighted by atomic mass is 16.1. The van der Waals surface area contributed by atoms with Crippen LogP contribution in [0.1, 0.15) is 29.0 Å². The lowest BCUT2D eigenvalue weighted by molar-refractivity contribution is -0.109. The maximum absolute atomic E-state index is 10.8. The quantitative estimate of drug-likeness (QED) is 0.522. The third-order valence-electron chi connectivity index (χ3n) is 5.96. The van der Waals surface area contributed by atoms with Gasteiger partial charge in [0, 0.05) is 24.1 Å². The van der Waals surface area contributed by atoms with Crippen molar-refractivity contribution in [3.8, 4) is 0 Å². The Hall–Kier alpha value is -3.23. The topological polar surface area (TPSA) is 89.2 Å². The Morgan fingerprint density at radius 1 is 1.27 bits per heavy atom. The van der Waals surface area contributed by atoms with Crippen LogP contribution in [0.3, 0.4) is 0 Å². The Morgan fingerprint density at radius 3 is 2.90 bits per heavy atom. The summed E-state index contributed by atoms with van der Waals surface area (Å²) >= 11 is 0. The Kier molecular flexibility index (Phi) is 4.52. The summed E-state index contributed by atoms with van der Waals surface area (Å²) in [7, 11) is 4.16. The highest BCUT2D eigenvalue weighted by molar-refractivity contribution is 5.69. The number of H-pyrrole nitrogens is 1. The molecule has 0 saturated heterocycles. The van der Waals surface area contributed by atoms with Gasteiger partial charge >= 0.3 is 0 Å². The van der Waals surface area contributed by atoms with E-state index in [4.69, 9.17) is 0 Å². The zero-order valence-electron chi connectivity index (χ0n) is 17.0. The van der Waals surface area contributed by atoms with E-state index >= 15 is 0 Å². The number of nitrogens with one attached hydrogen (secondary N) is 3. The first kappa shape index (κ1) is 18.8. The minimum absolute atomic E-state index is 0.233. The number of anilines is 2. The molecule has 5 rings (SSSR count). The second-order valence-electron chi connectivity index (χ2n) is 8.28. The molecular formula is C22H25N7O. The van der Waals surface area contributed by atoms with Gasteiger partial charge in [-0.2, -0.15) is 10.1 Å². The molecular weight excluding hydrogens is 378 g/mol. The van der Waals surface area contributed by atoms with Crippen molar-refractivity contribution < 1.29 is 4.79 Å². The van der Waals surface area contributed by atoms with Crippen LogP contribution in [0.4, 0.5) is 11.6 Å². The fraction of sp³-hybridized carbons (Fsp3) is 0.318. The van der Waals surface area contributed by atoms with Crippen molar-refractivity contribution in [1.82, 2.24) is 30.8 Å². The fourth-order valence-corrected chi connectivity index (χ4v) is 4.59. The van der Waals surface area contributed by atoms with Gasteiger partial charge in [0.1, 0.15) is 11.9 Å². The van der Waals surface area contributed by atoms with Gasteiger partial charge in [-0.05, 0) is 37.7 Å². The van der Waals surface area contributed by atoms with Crippen LogP contribution in [0.15, 0.2) is 54.9 Å². The molecule has 8 heteroatoms. The van der Waals surface area contributed by atoms with Crippen LogP contribution in [-0.2, 0) is 10.3 Å². The van der Waals surface area contributed by atoms with Crippen molar-refractivity contribution in [3.05, 3.63) is 71.5 Å². The number of amides is 1. The molecule has 2 aromatic carbocycles. The molecule has 3 atom stereocenters. The van der Waals surface area contributed by atoms with Crippen molar-refractivity contribution in [2.75, 3.05) is 25.6 Å². The molecule has 3 aromatic rings. The summed E-state index contributed by atoms with van der Waals surface area (Å²) in [5.74, 6) is 1.02. The Balaban J connectivity index is 1.61. The van der Waals surface area contributed by atoms with Crippen LogP contribution >= 0.6 is 0 Å². The van der Waals surface area contributed by atoms with E-state index in [0.717, 1.165) is 25.1 Å². The lowest BCUT2D eigenvalue weighted by Crippen LogP contribution is -2.51. The number of likely N-dealkylation sites (N-methyl/N-ethyl adjacent to an activating group) is 1. The van der Waals surface area contributed by atoms with Crippen molar-refractivity contribution in [2.45, 2.75) is 23.9 Å². The monoisotopic (exact) mass is 403 g/mol. The molecule has 0 radical (unpaired) electrons. The molecule has 30 heavy (non-hydrogen) atoms. The van der Waals surface area contributed by atoms with E-state index in [9.17, 15) is 4.79 Å². The minimum atomic E-state index is -0.453. The summed E-state index contributed by atoms with van der Waals surface area (Å²) in [6.45, 7) is 0.763. The molecule has 0 bridgehead atoms. The maximum atomic E-state index is 10.8. The van der Waals surface area contributed by atoms with E-state index in [1.54, 1.807) is 0 Å². The van der Waals surface area contributed by atoms with Crippen LogP contribution in [0.5, 0.6) is 0 Å². The summed E-state index contributed by atoms with van der Waals surface area (Å²) in [6, 6.07) is 17.3. The largest absolute Gasteiger partial charge is 0.355 e. The zero-order valence-corrected chi connectivity index (χ0v) is 17.0. The molecule has 0 spiro atoms. The number of rotatable bonds is 7. The first-order valence-electron chi connectivity index (χ1n) is 10.1. The molecule has 1 amide bonds.